The van der Waals surface area contributed by atoms with Gasteiger partial charge in [-0.3, -0.25) is 9.59 Å². The first-order chi connectivity index (χ1) is 8.02. The predicted octanol–water partition coefficient (Wildman–Crippen LogP) is 2.23. The second-order valence-electron chi connectivity index (χ2n) is 4.50. The number of hydrogen-bond donors (Lipinski definition) is 0. The van der Waals surface area contributed by atoms with Gasteiger partial charge in [-0.2, -0.15) is 0 Å². The highest BCUT2D eigenvalue weighted by atomic mass is 79.9. The van der Waals surface area contributed by atoms with Gasteiger partial charge in [0, 0.05) is 18.3 Å². The molecular weight excluding hydrogens is 300 g/mol. The molecule has 0 bridgehead atoms. The van der Waals surface area contributed by atoms with E-state index in [-0.39, 0.29) is 29.9 Å². The molecular formula is C13H23BrO4. The van der Waals surface area contributed by atoms with Crippen molar-refractivity contribution in [1.29, 1.82) is 0 Å². The average Bonchev–Trinajstić information content (AvgIpc) is 2.31. The maximum Gasteiger partial charge on any atom is 0.153 e. The second-order valence-corrected chi connectivity index (χ2v) is 5.61. The van der Waals surface area contributed by atoms with Crippen LogP contribution in [0.1, 0.15) is 27.7 Å². The van der Waals surface area contributed by atoms with Crippen molar-refractivity contribution >= 4 is 27.5 Å². The number of hydrogen-bond acceptors (Lipinski definition) is 4. The Morgan fingerprint density at radius 1 is 1.06 bits per heavy atom. The van der Waals surface area contributed by atoms with E-state index in [1.165, 1.54) is 0 Å². The van der Waals surface area contributed by atoms with E-state index in [0.717, 1.165) is 0 Å². The van der Waals surface area contributed by atoms with Crippen molar-refractivity contribution in [3.63, 3.8) is 0 Å². The minimum Gasteiger partial charge on any atom is -0.380 e. The smallest absolute Gasteiger partial charge is 0.153 e. The molecule has 18 heavy (non-hydrogen) atoms. The first-order valence-corrected chi connectivity index (χ1v) is 6.80. The van der Waals surface area contributed by atoms with Gasteiger partial charge in [-0.05, 0) is 0 Å². The largest absolute Gasteiger partial charge is 0.380 e. The first-order valence-electron chi connectivity index (χ1n) is 5.88. The highest BCUT2D eigenvalue weighted by Gasteiger charge is 2.26. The lowest BCUT2D eigenvalue weighted by molar-refractivity contribution is -0.129. The van der Waals surface area contributed by atoms with E-state index >= 15 is 0 Å². The highest BCUT2D eigenvalue weighted by molar-refractivity contribution is 9.10. The molecule has 2 fully saturated rings. The van der Waals surface area contributed by atoms with Crippen LogP contribution in [0.25, 0.3) is 0 Å². The quantitative estimate of drug-likeness (QED) is 0.642. The van der Waals surface area contributed by atoms with Crippen molar-refractivity contribution in [3.05, 3.63) is 0 Å². The fraction of sp³-hybridized carbons (Fsp3) is 0.846. The molecule has 0 N–H and O–H groups in total. The van der Waals surface area contributed by atoms with Crippen molar-refractivity contribution in [2.75, 3.05) is 26.4 Å². The number of rotatable bonds is 0. The van der Waals surface area contributed by atoms with Crippen LogP contribution in [-0.4, -0.2) is 42.8 Å². The molecule has 106 valence electrons. The summed E-state index contributed by atoms with van der Waals surface area (Å²) in [5, 5.41) is 0. The van der Waals surface area contributed by atoms with Crippen LogP contribution in [0.15, 0.2) is 0 Å². The summed E-state index contributed by atoms with van der Waals surface area (Å²) in [4.78, 5) is 21.6. The molecule has 2 aliphatic rings. The summed E-state index contributed by atoms with van der Waals surface area (Å²) < 4.78 is 10.1. The first kappa shape index (κ1) is 17.7. The van der Waals surface area contributed by atoms with Crippen LogP contribution < -0.4 is 0 Å². The number of carbonyl (C=O) groups excluding carboxylic acids is 2. The van der Waals surface area contributed by atoms with Crippen molar-refractivity contribution < 1.29 is 19.1 Å². The zero-order chi connectivity index (χ0) is 12.8. The minimum atomic E-state index is -0.0683. The van der Waals surface area contributed by atoms with E-state index in [0.29, 0.717) is 38.6 Å². The van der Waals surface area contributed by atoms with Gasteiger partial charge in [-0.25, -0.2) is 0 Å². The SMILES string of the molecule is C.CC1COCC(Br)C1=O.CC1COCCC1=O. The molecule has 2 saturated heterocycles. The molecule has 2 rings (SSSR count). The maximum atomic E-state index is 11.0. The minimum absolute atomic E-state index is 0. The van der Waals surface area contributed by atoms with Gasteiger partial charge < -0.3 is 9.47 Å². The normalized spacial score (nSPS) is 32.1. The van der Waals surface area contributed by atoms with Gasteiger partial charge in [-0.1, -0.05) is 37.2 Å². The zero-order valence-electron chi connectivity index (χ0n) is 10.3. The fourth-order valence-electron chi connectivity index (χ4n) is 1.59. The Balaban J connectivity index is 0.000000306. The van der Waals surface area contributed by atoms with Crippen LogP contribution in [0.3, 0.4) is 0 Å². The van der Waals surface area contributed by atoms with Gasteiger partial charge in [-0.15, -0.1) is 0 Å². The van der Waals surface area contributed by atoms with E-state index in [2.05, 4.69) is 15.9 Å². The van der Waals surface area contributed by atoms with Crippen LogP contribution in [0, 0.1) is 11.8 Å². The fourth-order valence-corrected chi connectivity index (χ4v) is 2.23. The maximum absolute atomic E-state index is 11.0. The van der Waals surface area contributed by atoms with Crippen LogP contribution in [-0.2, 0) is 19.1 Å². The predicted molar refractivity (Wildman–Crippen MR) is 74.0 cm³/mol. The molecule has 4 nitrogen and oxygen atoms in total. The average molecular weight is 323 g/mol. The number of carbonyl (C=O) groups is 2. The summed E-state index contributed by atoms with van der Waals surface area (Å²) in [5.74, 6) is 0.823. The Kier molecular flexibility index (Phi) is 8.65. The number of alkyl halides is 1. The van der Waals surface area contributed by atoms with Crippen LogP contribution in [0.4, 0.5) is 0 Å². The number of Topliss-reactive ketones (excluding diaryl/α,β-unsaturated/α-hetero) is 2. The Hall–Kier alpha value is -0.260. The standard InChI is InChI=1S/C6H9BrO2.C6H10O2.CH4/c1-4-2-9-3-5(7)6(4)8;1-5-4-8-3-2-6(5)7;/h4-5H,2-3H2,1H3;5H,2-4H2,1H3;1H4. The molecule has 0 spiro atoms. The molecule has 2 heterocycles. The Labute approximate surface area is 118 Å². The Bertz CT molecular complexity index is 268. The molecule has 5 heteroatoms. The molecule has 0 saturated carbocycles. The van der Waals surface area contributed by atoms with Crippen LogP contribution in [0.5, 0.6) is 0 Å². The third kappa shape index (κ3) is 5.59. The summed E-state index contributed by atoms with van der Waals surface area (Å²) in [5.41, 5.74) is 0. The van der Waals surface area contributed by atoms with E-state index < -0.39 is 0 Å². The molecule has 2 aliphatic heterocycles. The van der Waals surface area contributed by atoms with Gasteiger partial charge in [0.1, 0.15) is 5.78 Å². The summed E-state index contributed by atoms with van der Waals surface area (Å²) in [6.45, 7) is 6.16. The molecule has 0 amide bonds. The van der Waals surface area contributed by atoms with Crippen LogP contribution >= 0.6 is 15.9 Å². The third-order valence-corrected chi connectivity index (χ3v) is 3.55. The Morgan fingerprint density at radius 3 is 2.06 bits per heavy atom. The van der Waals surface area contributed by atoms with Crippen molar-refractivity contribution in [2.24, 2.45) is 11.8 Å². The molecule has 3 unspecified atom stereocenters. The molecule has 0 aromatic heterocycles. The number of halogens is 1. The van der Waals surface area contributed by atoms with E-state index in [9.17, 15) is 9.59 Å². The molecule has 0 aliphatic carbocycles. The van der Waals surface area contributed by atoms with Gasteiger partial charge in [0.05, 0.1) is 31.3 Å². The molecule has 3 atom stereocenters. The highest BCUT2D eigenvalue weighted by Crippen LogP contribution is 2.15. The van der Waals surface area contributed by atoms with Crippen LogP contribution in [0.2, 0.25) is 0 Å². The molecule has 0 aromatic carbocycles. The number of ether oxygens (including phenoxy) is 2. The molecule has 0 aromatic rings. The van der Waals surface area contributed by atoms with Gasteiger partial charge in [0.25, 0.3) is 0 Å². The third-order valence-electron chi connectivity index (χ3n) is 2.84. The number of ketones is 2. The lowest BCUT2D eigenvalue weighted by Crippen LogP contribution is -2.34. The van der Waals surface area contributed by atoms with Gasteiger partial charge in [0.2, 0.25) is 0 Å². The zero-order valence-corrected chi connectivity index (χ0v) is 11.9. The Morgan fingerprint density at radius 2 is 1.67 bits per heavy atom. The monoisotopic (exact) mass is 322 g/mol. The molecule has 0 radical (unpaired) electrons. The van der Waals surface area contributed by atoms with Gasteiger partial charge >= 0.3 is 0 Å². The summed E-state index contributed by atoms with van der Waals surface area (Å²) in [6.07, 6.45) is 0.612. The lowest BCUT2D eigenvalue weighted by atomic mass is 10.0. The summed E-state index contributed by atoms with van der Waals surface area (Å²) >= 11 is 3.22. The van der Waals surface area contributed by atoms with Crippen molar-refractivity contribution in [2.45, 2.75) is 32.5 Å². The van der Waals surface area contributed by atoms with Gasteiger partial charge in [0.15, 0.2) is 5.78 Å². The second kappa shape index (κ2) is 8.77. The topological polar surface area (TPSA) is 52.6 Å². The lowest BCUT2D eigenvalue weighted by Gasteiger charge is -2.20. The van der Waals surface area contributed by atoms with E-state index in [4.69, 9.17) is 9.47 Å². The summed E-state index contributed by atoms with van der Waals surface area (Å²) in [7, 11) is 0. The van der Waals surface area contributed by atoms with E-state index in [1.54, 1.807) is 0 Å². The van der Waals surface area contributed by atoms with Crippen molar-refractivity contribution in [3.8, 4) is 0 Å². The summed E-state index contributed by atoms with van der Waals surface area (Å²) in [6, 6.07) is 0. The van der Waals surface area contributed by atoms with Crippen molar-refractivity contribution in [1.82, 2.24) is 0 Å². The van der Waals surface area contributed by atoms with E-state index in [1.807, 2.05) is 13.8 Å².